The van der Waals surface area contributed by atoms with Crippen LogP contribution in [0.1, 0.15) is 27.3 Å². The lowest BCUT2D eigenvalue weighted by Crippen LogP contribution is -2.42. The highest BCUT2D eigenvalue weighted by Crippen LogP contribution is 1.98. The minimum Gasteiger partial charge on any atom is -0.459 e. The van der Waals surface area contributed by atoms with E-state index in [9.17, 15) is 14.4 Å². The van der Waals surface area contributed by atoms with Crippen LogP contribution in [0.2, 0.25) is 0 Å². The van der Waals surface area contributed by atoms with Crippen molar-refractivity contribution >= 4 is 17.7 Å². The molecule has 3 amide bonds. The molecule has 0 aliphatic rings. The maximum Gasteiger partial charge on any atom is 0.286 e. The molecule has 2 aromatic heterocycles. The molecule has 0 fully saturated rings. The van der Waals surface area contributed by atoms with Crippen LogP contribution in [0, 0.1) is 0 Å². The second-order valence-corrected chi connectivity index (χ2v) is 4.23. The molecular formula is C14H14N4O4. The van der Waals surface area contributed by atoms with Crippen molar-refractivity contribution in [2.24, 2.45) is 0 Å². The summed E-state index contributed by atoms with van der Waals surface area (Å²) in [4.78, 5) is 38.5. The topological polar surface area (TPSA) is 113 Å². The molecule has 0 bridgehead atoms. The number of aromatic nitrogens is 1. The number of furan rings is 1. The molecule has 3 N–H and O–H groups in total. The fourth-order valence-electron chi connectivity index (χ4n) is 1.54. The molecular weight excluding hydrogens is 288 g/mol. The Balaban J connectivity index is 1.66. The molecule has 2 aromatic rings. The second-order valence-electron chi connectivity index (χ2n) is 4.23. The zero-order valence-electron chi connectivity index (χ0n) is 11.5. The monoisotopic (exact) mass is 302 g/mol. The number of nitrogens with one attached hydrogen (secondary N) is 3. The van der Waals surface area contributed by atoms with E-state index in [1.54, 1.807) is 18.2 Å². The number of rotatable bonds is 5. The molecule has 0 saturated heterocycles. The maximum absolute atomic E-state index is 11.6. The van der Waals surface area contributed by atoms with Crippen LogP contribution in [0.15, 0.2) is 47.3 Å². The van der Waals surface area contributed by atoms with E-state index < -0.39 is 17.7 Å². The third-order valence-corrected chi connectivity index (χ3v) is 2.62. The predicted octanol–water partition coefficient (Wildman–Crippen LogP) is 0.256. The van der Waals surface area contributed by atoms with Gasteiger partial charge >= 0.3 is 0 Å². The summed E-state index contributed by atoms with van der Waals surface area (Å²) in [7, 11) is 0. The number of pyridine rings is 1. The maximum atomic E-state index is 11.6. The number of amides is 3. The van der Waals surface area contributed by atoms with Gasteiger partial charge in [-0.3, -0.25) is 30.2 Å². The van der Waals surface area contributed by atoms with Gasteiger partial charge in [0.05, 0.1) is 11.8 Å². The van der Waals surface area contributed by atoms with Gasteiger partial charge in [-0.25, -0.2) is 0 Å². The quantitative estimate of drug-likeness (QED) is 0.685. The summed E-state index contributed by atoms with van der Waals surface area (Å²) in [6.07, 6.45) is 4.32. The Hall–Kier alpha value is -3.16. The average molecular weight is 302 g/mol. The summed E-state index contributed by atoms with van der Waals surface area (Å²) in [6, 6.07) is 6.29. The molecule has 0 spiro atoms. The van der Waals surface area contributed by atoms with Gasteiger partial charge < -0.3 is 9.73 Å². The zero-order valence-corrected chi connectivity index (χ0v) is 11.5. The van der Waals surface area contributed by atoms with Crippen molar-refractivity contribution in [3.05, 3.63) is 54.2 Å². The van der Waals surface area contributed by atoms with Gasteiger partial charge in [0.2, 0.25) is 5.91 Å². The van der Waals surface area contributed by atoms with Crippen LogP contribution in [0.25, 0.3) is 0 Å². The van der Waals surface area contributed by atoms with Crippen LogP contribution in [0.5, 0.6) is 0 Å². The number of carbonyl (C=O) groups excluding carboxylic acids is 3. The van der Waals surface area contributed by atoms with E-state index in [0.29, 0.717) is 5.56 Å². The van der Waals surface area contributed by atoms with Gasteiger partial charge in [-0.15, -0.1) is 0 Å². The van der Waals surface area contributed by atoms with Crippen LogP contribution in [-0.4, -0.2) is 29.3 Å². The normalized spacial score (nSPS) is 9.82. The lowest BCUT2D eigenvalue weighted by atomic mass is 10.3. The predicted molar refractivity (Wildman–Crippen MR) is 75.5 cm³/mol. The standard InChI is InChI=1S/C14H14N4O4/c19-12(5-7-16-14(21)11-4-2-8-22-11)17-18-13(20)10-3-1-6-15-9-10/h1-4,6,8-9H,5,7H2,(H,16,21)(H,17,19)(H,18,20). The molecule has 8 nitrogen and oxygen atoms in total. The summed E-state index contributed by atoms with van der Waals surface area (Å²) in [6.45, 7) is 0.119. The van der Waals surface area contributed by atoms with Crippen molar-refractivity contribution in [2.75, 3.05) is 6.54 Å². The highest BCUT2D eigenvalue weighted by molar-refractivity contribution is 5.95. The lowest BCUT2D eigenvalue weighted by Gasteiger charge is -2.07. The van der Waals surface area contributed by atoms with Crippen molar-refractivity contribution in [2.45, 2.75) is 6.42 Å². The number of carbonyl (C=O) groups is 3. The molecule has 22 heavy (non-hydrogen) atoms. The van der Waals surface area contributed by atoms with Gasteiger partial charge in [0.15, 0.2) is 5.76 Å². The first-order valence-electron chi connectivity index (χ1n) is 6.48. The Bertz CT molecular complexity index is 640. The molecule has 0 aliphatic carbocycles. The van der Waals surface area contributed by atoms with Crippen molar-refractivity contribution < 1.29 is 18.8 Å². The SMILES string of the molecule is O=C(CCNC(=O)c1ccco1)NNC(=O)c1cccnc1. The first-order chi connectivity index (χ1) is 10.7. The highest BCUT2D eigenvalue weighted by atomic mass is 16.3. The minimum absolute atomic E-state index is 0.0137. The fraction of sp³-hybridized carbons (Fsp3) is 0.143. The third-order valence-electron chi connectivity index (χ3n) is 2.62. The minimum atomic E-state index is -0.471. The summed E-state index contributed by atoms with van der Waals surface area (Å²) in [5.41, 5.74) is 4.83. The Morgan fingerprint density at radius 3 is 2.64 bits per heavy atom. The first kappa shape index (κ1) is 15.2. The number of hydrazine groups is 1. The van der Waals surface area contributed by atoms with E-state index in [2.05, 4.69) is 21.2 Å². The van der Waals surface area contributed by atoms with Crippen LogP contribution >= 0.6 is 0 Å². The molecule has 114 valence electrons. The largest absolute Gasteiger partial charge is 0.459 e. The number of nitrogens with zero attached hydrogens (tertiary/aromatic N) is 1. The summed E-state index contributed by atoms with van der Waals surface area (Å²) in [5, 5.41) is 2.52. The van der Waals surface area contributed by atoms with Gasteiger partial charge in [0.25, 0.3) is 11.8 Å². The Labute approximate surface area is 125 Å². The fourth-order valence-corrected chi connectivity index (χ4v) is 1.54. The molecule has 0 unspecified atom stereocenters. The van der Waals surface area contributed by atoms with Crippen LogP contribution in [-0.2, 0) is 4.79 Å². The van der Waals surface area contributed by atoms with Crippen LogP contribution in [0.3, 0.4) is 0 Å². The van der Waals surface area contributed by atoms with Crippen LogP contribution < -0.4 is 16.2 Å². The zero-order chi connectivity index (χ0) is 15.8. The van der Waals surface area contributed by atoms with Crippen molar-refractivity contribution in [3.63, 3.8) is 0 Å². The van der Waals surface area contributed by atoms with E-state index >= 15 is 0 Å². The van der Waals surface area contributed by atoms with Gasteiger partial charge in [-0.2, -0.15) is 0 Å². The van der Waals surface area contributed by atoms with E-state index in [1.165, 1.54) is 24.7 Å². The van der Waals surface area contributed by atoms with Gasteiger partial charge in [-0.1, -0.05) is 0 Å². The third kappa shape index (κ3) is 4.44. The summed E-state index contributed by atoms with van der Waals surface area (Å²) < 4.78 is 4.91. The highest BCUT2D eigenvalue weighted by Gasteiger charge is 2.10. The van der Waals surface area contributed by atoms with Crippen molar-refractivity contribution in [1.82, 2.24) is 21.2 Å². The van der Waals surface area contributed by atoms with Gasteiger partial charge in [0.1, 0.15) is 0 Å². The molecule has 0 radical (unpaired) electrons. The molecule has 2 rings (SSSR count). The Kier molecular flexibility index (Phi) is 5.25. The summed E-state index contributed by atoms with van der Waals surface area (Å²) in [5.74, 6) is -1.14. The lowest BCUT2D eigenvalue weighted by molar-refractivity contribution is -0.121. The van der Waals surface area contributed by atoms with Gasteiger partial charge in [0, 0.05) is 25.4 Å². The molecule has 0 aromatic carbocycles. The van der Waals surface area contributed by atoms with Crippen LogP contribution in [0.4, 0.5) is 0 Å². The number of hydrogen-bond donors (Lipinski definition) is 3. The van der Waals surface area contributed by atoms with Gasteiger partial charge in [-0.05, 0) is 24.3 Å². The number of hydrogen-bond acceptors (Lipinski definition) is 5. The Morgan fingerprint density at radius 1 is 1.09 bits per heavy atom. The molecule has 8 heteroatoms. The molecule has 0 atom stereocenters. The smallest absolute Gasteiger partial charge is 0.286 e. The van der Waals surface area contributed by atoms with Crippen molar-refractivity contribution in [3.8, 4) is 0 Å². The van der Waals surface area contributed by atoms with E-state index in [-0.39, 0.29) is 18.7 Å². The second kappa shape index (κ2) is 7.58. The van der Waals surface area contributed by atoms with E-state index in [0.717, 1.165) is 0 Å². The first-order valence-corrected chi connectivity index (χ1v) is 6.48. The van der Waals surface area contributed by atoms with E-state index in [4.69, 9.17) is 4.42 Å². The molecule has 2 heterocycles. The van der Waals surface area contributed by atoms with E-state index in [1.807, 2.05) is 0 Å². The summed E-state index contributed by atoms with van der Waals surface area (Å²) >= 11 is 0. The molecule has 0 saturated carbocycles. The van der Waals surface area contributed by atoms with Crippen molar-refractivity contribution in [1.29, 1.82) is 0 Å². The average Bonchev–Trinajstić information content (AvgIpc) is 3.08. The Morgan fingerprint density at radius 2 is 1.95 bits per heavy atom. The molecule has 0 aliphatic heterocycles.